The van der Waals surface area contributed by atoms with Crippen molar-refractivity contribution in [2.75, 3.05) is 13.2 Å². The largest absolute Gasteiger partial charge is 0.491 e. The predicted molar refractivity (Wildman–Crippen MR) is 79.2 cm³/mol. The highest BCUT2D eigenvalue weighted by atomic mass is 16.5. The van der Waals surface area contributed by atoms with Gasteiger partial charge in [0, 0.05) is 13.1 Å². The third-order valence-electron chi connectivity index (χ3n) is 2.98. The molecular formula is C15H21N3O3. The summed E-state index contributed by atoms with van der Waals surface area (Å²) in [4.78, 5) is 0. The van der Waals surface area contributed by atoms with Gasteiger partial charge in [0.05, 0.1) is 12.4 Å². The molecule has 0 saturated heterocycles. The van der Waals surface area contributed by atoms with E-state index in [1.54, 1.807) is 17.1 Å². The summed E-state index contributed by atoms with van der Waals surface area (Å²) >= 11 is 0. The van der Waals surface area contributed by atoms with Gasteiger partial charge >= 0.3 is 0 Å². The van der Waals surface area contributed by atoms with Gasteiger partial charge in [-0.2, -0.15) is 5.10 Å². The number of ether oxygens (including phenoxy) is 2. The minimum atomic E-state index is -0.704. The minimum Gasteiger partial charge on any atom is -0.491 e. The lowest BCUT2D eigenvalue weighted by Crippen LogP contribution is -2.25. The number of aryl methyl sites for hydroxylation is 1. The van der Waals surface area contributed by atoms with Crippen molar-refractivity contribution in [3.05, 3.63) is 42.2 Å². The lowest BCUT2D eigenvalue weighted by Gasteiger charge is -2.13. The Balaban J connectivity index is 1.72. The number of aliphatic hydroxyl groups excluding tert-OH is 1. The summed E-state index contributed by atoms with van der Waals surface area (Å²) in [5, 5.41) is 13.9. The molecule has 1 heterocycles. The van der Waals surface area contributed by atoms with E-state index in [2.05, 4.69) is 5.10 Å². The third kappa shape index (κ3) is 4.77. The van der Waals surface area contributed by atoms with Crippen molar-refractivity contribution in [1.29, 1.82) is 0 Å². The van der Waals surface area contributed by atoms with Gasteiger partial charge in [-0.1, -0.05) is 12.1 Å². The normalized spacial score (nSPS) is 12.1. The van der Waals surface area contributed by atoms with Crippen molar-refractivity contribution >= 4 is 0 Å². The van der Waals surface area contributed by atoms with E-state index in [-0.39, 0.29) is 13.2 Å². The van der Waals surface area contributed by atoms with Gasteiger partial charge in [-0.3, -0.25) is 4.68 Å². The van der Waals surface area contributed by atoms with Gasteiger partial charge in [-0.05, 0) is 24.6 Å². The van der Waals surface area contributed by atoms with E-state index >= 15 is 0 Å². The van der Waals surface area contributed by atoms with Crippen LogP contribution in [0.5, 0.6) is 11.5 Å². The molecule has 6 heteroatoms. The minimum absolute atomic E-state index is 0.163. The molecule has 1 aromatic heterocycles. The zero-order chi connectivity index (χ0) is 15.1. The highest BCUT2D eigenvalue weighted by molar-refractivity contribution is 5.27. The van der Waals surface area contributed by atoms with Crippen molar-refractivity contribution in [3.63, 3.8) is 0 Å². The van der Waals surface area contributed by atoms with E-state index in [1.165, 1.54) is 0 Å². The Morgan fingerprint density at radius 1 is 1.19 bits per heavy atom. The summed E-state index contributed by atoms with van der Waals surface area (Å²) in [5.41, 5.74) is 6.57. The Bertz CT molecular complexity index is 539. The molecule has 0 bridgehead atoms. The van der Waals surface area contributed by atoms with Crippen LogP contribution in [0.15, 0.2) is 36.7 Å². The summed E-state index contributed by atoms with van der Waals surface area (Å²) in [6.07, 6.45) is 2.71. The van der Waals surface area contributed by atoms with E-state index in [9.17, 15) is 5.11 Å². The van der Waals surface area contributed by atoms with Crippen LogP contribution in [-0.4, -0.2) is 34.2 Å². The predicted octanol–water partition coefficient (Wildman–Crippen LogP) is 1.18. The molecule has 2 rings (SSSR count). The second-order valence-corrected chi connectivity index (χ2v) is 4.66. The number of aromatic nitrogens is 2. The summed E-state index contributed by atoms with van der Waals surface area (Å²) in [7, 11) is 0. The van der Waals surface area contributed by atoms with Crippen LogP contribution in [-0.2, 0) is 13.1 Å². The molecule has 3 N–H and O–H groups in total. The summed E-state index contributed by atoms with van der Waals surface area (Å²) in [6, 6.07) is 7.47. The molecule has 2 aromatic rings. The van der Waals surface area contributed by atoms with E-state index in [0.717, 1.165) is 12.1 Å². The first kappa shape index (κ1) is 15.3. The molecular weight excluding hydrogens is 270 g/mol. The maximum atomic E-state index is 9.84. The van der Waals surface area contributed by atoms with E-state index in [1.807, 2.05) is 31.2 Å². The van der Waals surface area contributed by atoms with Crippen LogP contribution in [0.2, 0.25) is 0 Å². The Labute approximate surface area is 124 Å². The van der Waals surface area contributed by atoms with Crippen molar-refractivity contribution < 1.29 is 14.6 Å². The summed E-state index contributed by atoms with van der Waals surface area (Å²) in [5.74, 6) is 1.34. The quantitative estimate of drug-likeness (QED) is 0.763. The van der Waals surface area contributed by atoms with Gasteiger partial charge in [-0.15, -0.1) is 0 Å². The fraction of sp³-hybridized carbons (Fsp3) is 0.400. The fourth-order valence-electron chi connectivity index (χ4n) is 1.75. The molecule has 21 heavy (non-hydrogen) atoms. The molecule has 1 aromatic carbocycles. The first-order chi connectivity index (χ1) is 10.2. The highest BCUT2D eigenvalue weighted by Gasteiger charge is 2.07. The maximum Gasteiger partial charge on any atom is 0.157 e. The molecule has 0 spiro atoms. The number of aliphatic hydroxyl groups is 1. The molecule has 0 fully saturated rings. The zero-order valence-electron chi connectivity index (χ0n) is 12.1. The molecule has 6 nitrogen and oxygen atoms in total. The first-order valence-electron chi connectivity index (χ1n) is 6.96. The maximum absolute atomic E-state index is 9.84. The molecule has 0 aliphatic carbocycles. The third-order valence-corrected chi connectivity index (χ3v) is 2.98. The monoisotopic (exact) mass is 291 g/mol. The van der Waals surface area contributed by atoms with Crippen molar-refractivity contribution in [3.8, 4) is 11.5 Å². The SMILES string of the molecule is CCn1cc(OCC(O)COc2ccc(CN)cc2)cn1. The second-order valence-electron chi connectivity index (χ2n) is 4.66. The number of hydrogen-bond donors (Lipinski definition) is 2. The Hall–Kier alpha value is -2.05. The number of benzene rings is 1. The van der Waals surface area contributed by atoms with Crippen LogP contribution in [0, 0.1) is 0 Å². The Morgan fingerprint density at radius 2 is 1.86 bits per heavy atom. The molecule has 0 saturated carbocycles. The van der Waals surface area contributed by atoms with Crippen molar-refractivity contribution in [2.24, 2.45) is 5.73 Å². The van der Waals surface area contributed by atoms with Gasteiger partial charge in [0.15, 0.2) is 5.75 Å². The van der Waals surface area contributed by atoms with Gasteiger partial charge in [0.2, 0.25) is 0 Å². The van der Waals surface area contributed by atoms with E-state index in [0.29, 0.717) is 18.0 Å². The lowest BCUT2D eigenvalue weighted by molar-refractivity contribution is 0.0626. The van der Waals surface area contributed by atoms with E-state index < -0.39 is 6.10 Å². The summed E-state index contributed by atoms with van der Waals surface area (Å²) in [6.45, 7) is 3.62. The second kappa shape index (κ2) is 7.66. The lowest BCUT2D eigenvalue weighted by atomic mass is 10.2. The average molecular weight is 291 g/mol. The molecule has 1 atom stereocenters. The molecule has 0 aliphatic heterocycles. The van der Waals surface area contributed by atoms with Crippen LogP contribution in [0.3, 0.4) is 0 Å². The smallest absolute Gasteiger partial charge is 0.157 e. The number of rotatable bonds is 8. The molecule has 0 amide bonds. The Kier molecular flexibility index (Phi) is 5.59. The standard InChI is InChI=1S/C15H21N3O3/c1-2-18-9-15(8-17-18)21-11-13(19)10-20-14-5-3-12(7-16)4-6-14/h3-6,8-9,13,19H,2,7,10-11,16H2,1H3. The summed E-state index contributed by atoms with van der Waals surface area (Å²) < 4.78 is 12.7. The van der Waals surface area contributed by atoms with Gasteiger partial charge in [0.25, 0.3) is 0 Å². The fourth-order valence-corrected chi connectivity index (χ4v) is 1.75. The number of hydrogen-bond acceptors (Lipinski definition) is 5. The Morgan fingerprint density at radius 3 is 2.43 bits per heavy atom. The number of nitrogens with two attached hydrogens (primary N) is 1. The van der Waals surface area contributed by atoms with Crippen molar-refractivity contribution in [2.45, 2.75) is 26.1 Å². The van der Waals surface area contributed by atoms with Crippen LogP contribution in [0.1, 0.15) is 12.5 Å². The van der Waals surface area contributed by atoms with Crippen LogP contribution in [0.4, 0.5) is 0 Å². The number of nitrogens with zero attached hydrogens (tertiary/aromatic N) is 2. The molecule has 0 aliphatic rings. The highest BCUT2D eigenvalue weighted by Crippen LogP contribution is 2.12. The van der Waals surface area contributed by atoms with Crippen LogP contribution >= 0.6 is 0 Å². The average Bonchev–Trinajstić information content (AvgIpc) is 2.99. The van der Waals surface area contributed by atoms with E-state index in [4.69, 9.17) is 15.2 Å². The zero-order valence-corrected chi connectivity index (χ0v) is 12.1. The van der Waals surface area contributed by atoms with Gasteiger partial charge in [0.1, 0.15) is 25.1 Å². The molecule has 0 radical (unpaired) electrons. The van der Waals surface area contributed by atoms with Crippen molar-refractivity contribution in [1.82, 2.24) is 9.78 Å². The van der Waals surface area contributed by atoms with Crippen LogP contribution < -0.4 is 15.2 Å². The topological polar surface area (TPSA) is 82.5 Å². The van der Waals surface area contributed by atoms with Crippen LogP contribution in [0.25, 0.3) is 0 Å². The molecule has 1 unspecified atom stereocenters. The van der Waals surface area contributed by atoms with Gasteiger partial charge < -0.3 is 20.3 Å². The van der Waals surface area contributed by atoms with Gasteiger partial charge in [-0.25, -0.2) is 0 Å². The first-order valence-corrected chi connectivity index (χ1v) is 6.96. The molecule has 114 valence electrons.